The second-order valence-corrected chi connectivity index (χ2v) is 7.64. The molecule has 0 saturated heterocycles. The van der Waals surface area contributed by atoms with E-state index >= 15 is 0 Å². The first-order chi connectivity index (χ1) is 14.5. The largest absolute Gasteiger partial charge is 0.466 e. The number of rotatable bonds is 17. The number of unbranched alkanes of at least 4 members (excludes halogenated alkanes) is 1. The highest BCUT2D eigenvalue weighted by atomic mass is 16.5. The van der Waals surface area contributed by atoms with Gasteiger partial charge in [-0.3, -0.25) is 9.59 Å². The molecule has 1 atom stereocenters. The molecular formula is C27H42O3. The molecule has 0 aromatic rings. The van der Waals surface area contributed by atoms with E-state index < -0.39 is 0 Å². The van der Waals surface area contributed by atoms with Gasteiger partial charge < -0.3 is 4.74 Å². The number of Topliss-reactive ketones (excluding diaryl/α,β-unsaturated/α-hetero) is 1. The Hall–Kier alpha value is -2.16. The minimum Gasteiger partial charge on any atom is -0.466 e. The van der Waals surface area contributed by atoms with Gasteiger partial charge in [0, 0.05) is 12.8 Å². The van der Waals surface area contributed by atoms with Crippen molar-refractivity contribution >= 4 is 11.8 Å². The molecule has 3 heteroatoms. The van der Waals surface area contributed by atoms with Gasteiger partial charge in [0.2, 0.25) is 0 Å². The van der Waals surface area contributed by atoms with Crippen LogP contribution in [0.3, 0.4) is 0 Å². The standard InChI is InChI=1S/C27H42O3/c1-5-7-8-9-10-11-12-13-14-15-16-17-18-19-20-21-22-25(28)23-26(24(3)4)27(29)30-6-2/h8-9,11-12,14-15,17-18,20-21,24,26H,5-7,10,13,16,19,22-23H2,1-4H3/b9-8-,12-11-,15-14-,18-17-,21-20-. The summed E-state index contributed by atoms with van der Waals surface area (Å²) in [5, 5.41) is 0. The van der Waals surface area contributed by atoms with Crippen LogP contribution >= 0.6 is 0 Å². The molecule has 0 aromatic carbocycles. The summed E-state index contributed by atoms with van der Waals surface area (Å²) in [5.41, 5.74) is 0. The molecule has 0 N–H and O–H groups in total. The van der Waals surface area contributed by atoms with E-state index in [1.807, 2.05) is 26.0 Å². The molecular weight excluding hydrogens is 372 g/mol. The molecule has 168 valence electrons. The van der Waals surface area contributed by atoms with Gasteiger partial charge in [-0.05, 0) is 44.9 Å². The normalized spacial score (nSPS) is 13.6. The molecule has 0 aliphatic rings. The monoisotopic (exact) mass is 414 g/mol. The summed E-state index contributed by atoms with van der Waals surface area (Å²) < 4.78 is 5.07. The number of carbonyl (C=O) groups is 2. The Morgan fingerprint density at radius 3 is 1.63 bits per heavy atom. The Bertz CT molecular complexity index is 591. The van der Waals surface area contributed by atoms with Crippen molar-refractivity contribution in [3.8, 4) is 0 Å². The Kier molecular flexibility index (Phi) is 18.7. The summed E-state index contributed by atoms with van der Waals surface area (Å²) in [5.74, 6) is -0.421. The van der Waals surface area contributed by atoms with Crippen LogP contribution in [0.4, 0.5) is 0 Å². The molecule has 0 heterocycles. The minimum absolute atomic E-state index is 0.0822. The van der Waals surface area contributed by atoms with E-state index in [-0.39, 0.29) is 30.0 Å². The number of ether oxygens (including phenoxy) is 1. The van der Waals surface area contributed by atoms with Crippen LogP contribution in [0, 0.1) is 11.8 Å². The molecule has 3 nitrogen and oxygen atoms in total. The molecule has 0 aliphatic heterocycles. The molecule has 0 radical (unpaired) electrons. The van der Waals surface area contributed by atoms with Gasteiger partial charge in [-0.1, -0.05) is 88.0 Å². The zero-order valence-corrected chi connectivity index (χ0v) is 19.5. The number of allylic oxidation sites excluding steroid dienone is 10. The van der Waals surface area contributed by atoms with Gasteiger partial charge in [-0.25, -0.2) is 0 Å². The minimum atomic E-state index is -0.343. The zero-order chi connectivity index (χ0) is 22.5. The van der Waals surface area contributed by atoms with Crippen molar-refractivity contribution in [1.29, 1.82) is 0 Å². The number of ketones is 1. The average Bonchev–Trinajstić information content (AvgIpc) is 2.71. The fourth-order valence-electron chi connectivity index (χ4n) is 2.75. The summed E-state index contributed by atoms with van der Waals surface area (Å²) >= 11 is 0. The predicted octanol–water partition coefficient (Wildman–Crippen LogP) is 7.31. The SMILES string of the molecule is CCC/C=C\C/C=C\C/C=C\C/C=C\C/C=C\CC(=O)CC(C(=O)OCC)C(C)C. The summed E-state index contributed by atoms with van der Waals surface area (Å²) in [6.07, 6.45) is 28.1. The lowest BCUT2D eigenvalue weighted by molar-refractivity contribution is -0.151. The summed E-state index contributed by atoms with van der Waals surface area (Å²) in [6.45, 7) is 8.23. The Labute approximate surface area is 184 Å². The van der Waals surface area contributed by atoms with Crippen molar-refractivity contribution in [3.05, 3.63) is 60.8 Å². The number of esters is 1. The molecule has 0 fully saturated rings. The van der Waals surface area contributed by atoms with Crippen molar-refractivity contribution in [2.45, 2.75) is 79.1 Å². The lowest BCUT2D eigenvalue weighted by Crippen LogP contribution is -2.25. The van der Waals surface area contributed by atoms with Gasteiger partial charge in [0.15, 0.2) is 0 Å². The van der Waals surface area contributed by atoms with Crippen LogP contribution in [0.5, 0.6) is 0 Å². The van der Waals surface area contributed by atoms with Gasteiger partial charge in [-0.2, -0.15) is 0 Å². The number of hydrogen-bond donors (Lipinski definition) is 0. The van der Waals surface area contributed by atoms with E-state index in [4.69, 9.17) is 4.74 Å². The molecule has 30 heavy (non-hydrogen) atoms. The van der Waals surface area contributed by atoms with Gasteiger partial charge in [0.25, 0.3) is 0 Å². The molecule has 0 aromatic heterocycles. The summed E-state index contributed by atoms with van der Waals surface area (Å²) in [7, 11) is 0. The predicted molar refractivity (Wildman–Crippen MR) is 128 cm³/mol. The maximum absolute atomic E-state index is 12.1. The van der Waals surface area contributed by atoms with E-state index in [9.17, 15) is 9.59 Å². The van der Waals surface area contributed by atoms with E-state index in [0.717, 1.165) is 25.7 Å². The maximum Gasteiger partial charge on any atom is 0.309 e. The second kappa shape index (κ2) is 20.1. The third kappa shape index (κ3) is 16.8. The third-order valence-electron chi connectivity index (χ3n) is 4.56. The smallest absolute Gasteiger partial charge is 0.309 e. The second-order valence-electron chi connectivity index (χ2n) is 7.64. The van der Waals surface area contributed by atoms with Crippen molar-refractivity contribution in [2.75, 3.05) is 6.61 Å². The maximum atomic E-state index is 12.1. The lowest BCUT2D eigenvalue weighted by Gasteiger charge is -2.17. The highest BCUT2D eigenvalue weighted by molar-refractivity contribution is 5.85. The molecule has 1 unspecified atom stereocenters. The van der Waals surface area contributed by atoms with Crippen molar-refractivity contribution in [1.82, 2.24) is 0 Å². The van der Waals surface area contributed by atoms with Crippen LogP contribution in [0.2, 0.25) is 0 Å². The third-order valence-corrected chi connectivity index (χ3v) is 4.56. The van der Waals surface area contributed by atoms with Gasteiger partial charge in [-0.15, -0.1) is 0 Å². The van der Waals surface area contributed by atoms with E-state index in [2.05, 4.69) is 55.5 Å². The van der Waals surface area contributed by atoms with Crippen molar-refractivity contribution in [3.63, 3.8) is 0 Å². The lowest BCUT2D eigenvalue weighted by atomic mass is 9.90. The first kappa shape index (κ1) is 27.8. The van der Waals surface area contributed by atoms with Crippen LogP contribution in [0.25, 0.3) is 0 Å². The number of hydrogen-bond acceptors (Lipinski definition) is 3. The Morgan fingerprint density at radius 2 is 1.20 bits per heavy atom. The topological polar surface area (TPSA) is 43.4 Å². The van der Waals surface area contributed by atoms with Gasteiger partial charge >= 0.3 is 5.97 Å². The van der Waals surface area contributed by atoms with Crippen LogP contribution < -0.4 is 0 Å². The van der Waals surface area contributed by atoms with E-state index in [1.165, 1.54) is 12.8 Å². The van der Waals surface area contributed by atoms with Gasteiger partial charge in [0.1, 0.15) is 5.78 Å². The first-order valence-electron chi connectivity index (χ1n) is 11.5. The van der Waals surface area contributed by atoms with Crippen LogP contribution in [-0.4, -0.2) is 18.4 Å². The van der Waals surface area contributed by atoms with Crippen LogP contribution in [0.15, 0.2) is 60.8 Å². The Balaban J connectivity index is 3.93. The zero-order valence-electron chi connectivity index (χ0n) is 19.5. The summed E-state index contributed by atoms with van der Waals surface area (Å²) in [6, 6.07) is 0. The molecule has 0 rings (SSSR count). The van der Waals surface area contributed by atoms with E-state index in [1.54, 1.807) is 6.92 Å². The van der Waals surface area contributed by atoms with Crippen LogP contribution in [0.1, 0.15) is 79.1 Å². The van der Waals surface area contributed by atoms with E-state index in [0.29, 0.717) is 13.0 Å². The van der Waals surface area contributed by atoms with Crippen molar-refractivity contribution < 1.29 is 14.3 Å². The molecule has 0 bridgehead atoms. The molecule has 0 spiro atoms. The quantitative estimate of drug-likeness (QED) is 0.185. The van der Waals surface area contributed by atoms with Gasteiger partial charge in [0.05, 0.1) is 12.5 Å². The first-order valence-corrected chi connectivity index (χ1v) is 11.5. The highest BCUT2D eigenvalue weighted by Gasteiger charge is 2.25. The molecule has 0 amide bonds. The van der Waals surface area contributed by atoms with Crippen LogP contribution in [-0.2, 0) is 14.3 Å². The fraction of sp³-hybridized carbons (Fsp3) is 0.556. The number of carbonyl (C=O) groups excluding carboxylic acids is 2. The molecule has 0 saturated carbocycles. The highest BCUT2D eigenvalue weighted by Crippen LogP contribution is 2.18. The fourth-order valence-corrected chi connectivity index (χ4v) is 2.75. The summed E-state index contributed by atoms with van der Waals surface area (Å²) in [4.78, 5) is 24.0. The van der Waals surface area contributed by atoms with Crippen molar-refractivity contribution in [2.24, 2.45) is 11.8 Å². The average molecular weight is 415 g/mol. The Morgan fingerprint density at radius 1 is 0.733 bits per heavy atom. The molecule has 0 aliphatic carbocycles.